The normalized spacial score (nSPS) is 14.6. The van der Waals surface area contributed by atoms with E-state index in [0.717, 1.165) is 32.5 Å². The Morgan fingerprint density at radius 1 is 0.919 bits per heavy atom. The van der Waals surface area contributed by atoms with Crippen molar-refractivity contribution < 1.29 is 23.9 Å². The molecular weight excluding hydrogens is 536 g/mol. The predicted molar refractivity (Wildman–Crippen MR) is 146 cm³/mol. The number of amides is 4. The molecule has 1 N–H and O–H groups in total. The second-order valence-electron chi connectivity index (χ2n) is 8.77. The number of rotatable bonds is 8. The highest BCUT2D eigenvalue weighted by atomic mass is 79.9. The van der Waals surface area contributed by atoms with Gasteiger partial charge in [-0.05, 0) is 74.4 Å². The number of carbonyl (C=O) groups excluding carboxylic acids is 3. The maximum absolute atomic E-state index is 13.4. The van der Waals surface area contributed by atoms with Crippen molar-refractivity contribution in [1.82, 2.24) is 5.32 Å². The molecule has 0 atom stereocenters. The van der Waals surface area contributed by atoms with E-state index >= 15 is 0 Å². The fraction of sp³-hybridized carbons (Fsp3) is 0.207. The van der Waals surface area contributed by atoms with E-state index in [2.05, 4.69) is 27.3 Å². The molecule has 0 bridgehead atoms. The van der Waals surface area contributed by atoms with Crippen LogP contribution in [0.2, 0.25) is 0 Å². The lowest BCUT2D eigenvalue weighted by molar-refractivity contribution is -0.122. The van der Waals surface area contributed by atoms with E-state index in [1.807, 2.05) is 39.0 Å². The van der Waals surface area contributed by atoms with Gasteiger partial charge in [0.05, 0.1) is 12.3 Å². The van der Waals surface area contributed by atoms with Crippen LogP contribution in [0.3, 0.4) is 0 Å². The number of barbiturate groups is 1. The van der Waals surface area contributed by atoms with E-state index in [9.17, 15) is 14.4 Å². The molecule has 3 aromatic rings. The van der Waals surface area contributed by atoms with Gasteiger partial charge >= 0.3 is 6.03 Å². The van der Waals surface area contributed by atoms with Gasteiger partial charge in [0.1, 0.15) is 23.7 Å². The summed E-state index contributed by atoms with van der Waals surface area (Å²) in [6.07, 6.45) is 2.30. The summed E-state index contributed by atoms with van der Waals surface area (Å²) in [5.74, 6) is -0.371. The van der Waals surface area contributed by atoms with Gasteiger partial charge in [-0.25, -0.2) is 9.69 Å². The Balaban J connectivity index is 1.62. The molecule has 3 aromatic carbocycles. The van der Waals surface area contributed by atoms with Crippen molar-refractivity contribution in [3.8, 4) is 11.5 Å². The van der Waals surface area contributed by atoms with Gasteiger partial charge in [0.25, 0.3) is 11.8 Å². The molecule has 1 saturated heterocycles. The highest BCUT2D eigenvalue weighted by Gasteiger charge is 2.37. The maximum Gasteiger partial charge on any atom is 0.335 e. The van der Waals surface area contributed by atoms with Crippen molar-refractivity contribution in [2.24, 2.45) is 0 Å². The minimum Gasteiger partial charge on any atom is -0.494 e. The lowest BCUT2D eigenvalue weighted by Gasteiger charge is -2.26. The Kier molecular flexibility index (Phi) is 8.08. The van der Waals surface area contributed by atoms with E-state index in [1.165, 1.54) is 6.08 Å². The topological polar surface area (TPSA) is 84.9 Å². The molecule has 7 nitrogen and oxygen atoms in total. The number of benzene rings is 3. The lowest BCUT2D eigenvalue weighted by Crippen LogP contribution is -2.54. The van der Waals surface area contributed by atoms with Crippen LogP contribution in [0, 0.1) is 13.8 Å². The second kappa shape index (κ2) is 11.4. The first-order chi connectivity index (χ1) is 17.7. The SMILES string of the molecule is CCCOc1ccc(N2C(=O)NC(=O)/C(=C/c3cc(Br)ccc3OCc3cc(C)cc(C)c3)C2=O)cc1. The lowest BCUT2D eigenvalue weighted by atomic mass is 10.1. The van der Waals surface area contributed by atoms with E-state index in [-0.39, 0.29) is 5.57 Å². The molecule has 4 rings (SSSR count). The number of anilines is 1. The van der Waals surface area contributed by atoms with Crippen LogP contribution in [0.4, 0.5) is 10.5 Å². The molecule has 1 aliphatic heterocycles. The summed E-state index contributed by atoms with van der Waals surface area (Å²) in [7, 11) is 0. The highest BCUT2D eigenvalue weighted by molar-refractivity contribution is 9.10. The first-order valence-electron chi connectivity index (χ1n) is 11.9. The number of hydrogen-bond donors (Lipinski definition) is 1. The summed E-state index contributed by atoms with van der Waals surface area (Å²) < 4.78 is 12.4. The Labute approximate surface area is 224 Å². The first-order valence-corrected chi connectivity index (χ1v) is 12.7. The zero-order chi connectivity index (χ0) is 26.5. The van der Waals surface area contributed by atoms with E-state index in [0.29, 0.717) is 36.0 Å². The van der Waals surface area contributed by atoms with Gasteiger partial charge in [-0.1, -0.05) is 52.2 Å². The van der Waals surface area contributed by atoms with Crippen molar-refractivity contribution in [3.05, 3.63) is 93.0 Å². The molecule has 0 radical (unpaired) electrons. The first kappa shape index (κ1) is 26.2. The largest absolute Gasteiger partial charge is 0.494 e. The Hall–Kier alpha value is -3.91. The Morgan fingerprint density at radius 3 is 2.30 bits per heavy atom. The molecule has 8 heteroatoms. The zero-order valence-corrected chi connectivity index (χ0v) is 22.4. The van der Waals surface area contributed by atoms with Gasteiger partial charge in [-0.15, -0.1) is 0 Å². The zero-order valence-electron chi connectivity index (χ0n) is 20.8. The van der Waals surface area contributed by atoms with Crippen LogP contribution in [0.15, 0.2) is 70.7 Å². The van der Waals surface area contributed by atoms with Crippen molar-refractivity contribution in [3.63, 3.8) is 0 Å². The summed E-state index contributed by atoms with van der Waals surface area (Å²) in [6, 6.07) is 17.3. The predicted octanol–water partition coefficient (Wildman–Crippen LogP) is 6.10. The van der Waals surface area contributed by atoms with E-state index < -0.39 is 17.8 Å². The fourth-order valence-corrected chi connectivity index (χ4v) is 4.41. The minimum atomic E-state index is -0.810. The quantitative estimate of drug-likeness (QED) is 0.265. The number of nitrogens with zero attached hydrogens (tertiary/aromatic N) is 1. The van der Waals surface area contributed by atoms with Crippen LogP contribution >= 0.6 is 15.9 Å². The number of ether oxygens (including phenoxy) is 2. The van der Waals surface area contributed by atoms with Gasteiger partial charge < -0.3 is 9.47 Å². The summed E-state index contributed by atoms with van der Waals surface area (Å²) in [4.78, 5) is 39.6. The van der Waals surface area contributed by atoms with Crippen molar-refractivity contribution in [2.45, 2.75) is 33.8 Å². The summed E-state index contributed by atoms with van der Waals surface area (Å²) in [6.45, 7) is 6.93. The smallest absolute Gasteiger partial charge is 0.335 e. The van der Waals surface area contributed by atoms with Gasteiger partial charge in [-0.2, -0.15) is 0 Å². The number of halogens is 1. The third kappa shape index (κ3) is 6.27. The molecule has 0 unspecified atom stereocenters. The Morgan fingerprint density at radius 2 is 1.62 bits per heavy atom. The van der Waals surface area contributed by atoms with Crippen molar-refractivity contribution in [2.75, 3.05) is 11.5 Å². The third-order valence-corrected chi connectivity index (χ3v) is 6.11. The highest BCUT2D eigenvalue weighted by Crippen LogP contribution is 2.29. The molecule has 1 heterocycles. The standard InChI is InChI=1S/C29H27BrN2O5/c1-4-11-36-24-8-6-23(7-9-24)32-28(34)25(27(33)31-29(32)35)16-21-15-22(30)5-10-26(21)37-17-20-13-18(2)12-19(3)14-20/h5-10,12-16H,4,11,17H2,1-3H3,(H,31,33,35)/b25-16-. The van der Waals surface area contributed by atoms with Gasteiger partial charge in [-0.3, -0.25) is 14.9 Å². The van der Waals surface area contributed by atoms with E-state index in [1.54, 1.807) is 36.4 Å². The monoisotopic (exact) mass is 562 g/mol. The fourth-order valence-electron chi connectivity index (χ4n) is 4.04. The number of imide groups is 2. The minimum absolute atomic E-state index is 0.180. The average Bonchev–Trinajstić information content (AvgIpc) is 2.85. The summed E-state index contributed by atoms with van der Waals surface area (Å²) >= 11 is 3.44. The van der Waals surface area contributed by atoms with Crippen LogP contribution in [0.25, 0.3) is 6.08 Å². The number of aryl methyl sites for hydroxylation is 2. The molecule has 4 amide bonds. The van der Waals surface area contributed by atoms with Gasteiger partial charge in [0.15, 0.2) is 0 Å². The molecule has 0 aromatic heterocycles. The number of carbonyl (C=O) groups is 3. The molecule has 0 spiro atoms. The van der Waals surface area contributed by atoms with Gasteiger partial charge in [0, 0.05) is 10.0 Å². The molecule has 0 saturated carbocycles. The van der Waals surface area contributed by atoms with Gasteiger partial charge in [0.2, 0.25) is 0 Å². The molecule has 0 aliphatic carbocycles. The van der Waals surface area contributed by atoms with Crippen molar-refractivity contribution in [1.29, 1.82) is 0 Å². The molecule has 1 aliphatic rings. The molecule has 1 fully saturated rings. The second-order valence-corrected chi connectivity index (χ2v) is 9.68. The summed E-state index contributed by atoms with van der Waals surface area (Å²) in [5.41, 5.74) is 3.95. The van der Waals surface area contributed by atoms with Crippen LogP contribution in [-0.4, -0.2) is 24.5 Å². The Bertz CT molecular complexity index is 1360. The molecule has 37 heavy (non-hydrogen) atoms. The van der Waals surface area contributed by atoms with Crippen LogP contribution in [-0.2, 0) is 16.2 Å². The van der Waals surface area contributed by atoms with Crippen LogP contribution in [0.5, 0.6) is 11.5 Å². The number of nitrogens with one attached hydrogen (secondary N) is 1. The number of urea groups is 1. The van der Waals surface area contributed by atoms with Crippen LogP contribution in [0.1, 0.15) is 35.6 Å². The third-order valence-electron chi connectivity index (χ3n) is 5.62. The maximum atomic E-state index is 13.4. The molecule has 190 valence electrons. The van der Waals surface area contributed by atoms with Crippen LogP contribution < -0.4 is 19.7 Å². The number of hydrogen-bond acceptors (Lipinski definition) is 5. The molecular formula is C29H27BrN2O5. The summed E-state index contributed by atoms with van der Waals surface area (Å²) in [5, 5.41) is 2.26. The van der Waals surface area contributed by atoms with E-state index in [4.69, 9.17) is 9.47 Å². The van der Waals surface area contributed by atoms with Crippen molar-refractivity contribution >= 4 is 45.5 Å². The average molecular weight is 563 g/mol.